The zero-order valence-corrected chi connectivity index (χ0v) is 19.1. The summed E-state index contributed by atoms with van der Waals surface area (Å²) in [6, 6.07) is 10.8. The molecule has 1 aliphatic carbocycles. The van der Waals surface area contributed by atoms with Gasteiger partial charge < -0.3 is 9.47 Å². The van der Waals surface area contributed by atoms with Crippen molar-refractivity contribution < 1.29 is 23.0 Å². The number of carbonyl (C=O) groups is 1. The number of nitriles is 1. The Kier molecular flexibility index (Phi) is 9.38. The summed E-state index contributed by atoms with van der Waals surface area (Å²) < 4.78 is 38.8. The minimum Gasteiger partial charge on any atom is -0.420 e. The lowest BCUT2D eigenvalue weighted by Crippen LogP contribution is -2.21. The van der Waals surface area contributed by atoms with Gasteiger partial charge in [0.25, 0.3) is 0 Å². The van der Waals surface area contributed by atoms with E-state index in [1.165, 1.54) is 25.7 Å². The Bertz CT molecular complexity index is 961. The summed E-state index contributed by atoms with van der Waals surface area (Å²) in [4.78, 5) is 12.4. The summed E-state index contributed by atoms with van der Waals surface area (Å²) in [7, 11) is 0. The van der Waals surface area contributed by atoms with Crippen LogP contribution in [0.25, 0.3) is 0 Å². The number of esters is 1. The fraction of sp³-hybridized carbons (Fsp3) is 0.481. The van der Waals surface area contributed by atoms with Crippen molar-refractivity contribution in [3.63, 3.8) is 0 Å². The molecule has 0 saturated heterocycles. The lowest BCUT2D eigenvalue weighted by atomic mass is 9.82. The minimum absolute atomic E-state index is 0.253. The summed E-state index contributed by atoms with van der Waals surface area (Å²) >= 11 is 0. The third kappa shape index (κ3) is 6.85. The van der Waals surface area contributed by atoms with Crippen LogP contribution in [0.2, 0.25) is 0 Å². The van der Waals surface area contributed by atoms with Crippen molar-refractivity contribution in [1.82, 2.24) is 0 Å². The molecule has 2 aromatic rings. The molecule has 1 aliphatic rings. The number of halogens is 2. The molecule has 6 heteroatoms. The molecule has 0 unspecified atom stereocenters. The minimum atomic E-state index is -1.35. The molecule has 0 N–H and O–H groups in total. The van der Waals surface area contributed by atoms with E-state index >= 15 is 0 Å². The number of hydrogen-bond donors (Lipinski definition) is 0. The van der Waals surface area contributed by atoms with Gasteiger partial charge in [0.05, 0.1) is 17.2 Å². The molecule has 4 nitrogen and oxygen atoms in total. The molecule has 0 radical (unpaired) electrons. The van der Waals surface area contributed by atoms with Crippen molar-refractivity contribution in [2.75, 3.05) is 6.61 Å². The average molecular weight is 456 g/mol. The summed E-state index contributed by atoms with van der Waals surface area (Å²) in [5.41, 5.74) is 0.965. The highest BCUT2D eigenvalue weighted by molar-refractivity contribution is 5.91. The van der Waals surface area contributed by atoms with Crippen LogP contribution in [0.15, 0.2) is 36.4 Å². The zero-order valence-electron chi connectivity index (χ0n) is 19.1. The van der Waals surface area contributed by atoms with E-state index < -0.39 is 28.9 Å². The number of carbonyl (C=O) groups excluding carboxylic acids is 1. The summed E-state index contributed by atoms with van der Waals surface area (Å²) in [6.45, 7) is 3.06. The molecule has 176 valence electrons. The maximum atomic E-state index is 14.0. The van der Waals surface area contributed by atoms with E-state index in [0.717, 1.165) is 56.4 Å². The van der Waals surface area contributed by atoms with Gasteiger partial charge in [-0.1, -0.05) is 44.7 Å². The Morgan fingerprint density at radius 1 is 0.970 bits per heavy atom. The Hall–Kier alpha value is -2.78. The van der Waals surface area contributed by atoms with E-state index in [4.69, 9.17) is 14.7 Å². The Morgan fingerprint density at radius 3 is 2.33 bits per heavy atom. The van der Waals surface area contributed by atoms with E-state index in [9.17, 15) is 13.6 Å². The summed E-state index contributed by atoms with van der Waals surface area (Å²) in [5, 5.41) is 8.74. The van der Waals surface area contributed by atoms with Gasteiger partial charge in [-0.25, -0.2) is 9.18 Å². The molecule has 0 heterocycles. The molecule has 0 aliphatic heterocycles. The van der Waals surface area contributed by atoms with E-state index in [0.29, 0.717) is 12.0 Å². The van der Waals surface area contributed by atoms with E-state index in [-0.39, 0.29) is 5.56 Å². The standard InChI is InChI=1S/C27H31F2NO3/c1-2-3-4-5-6-17-32-23-14-11-20(12-15-23)19-7-9-21(10-8-19)27(31)33-24-16-13-22(18-30)25(28)26(24)29/h7-10,13,16,20,23H,2-6,11-12,14-15,17H2,1H3/t20-,23-. The highest BCUT2D eigenvalue weighted by Crippen LogP contribution is 2.34. The third-order valence-electron chi connectivity index (χ3n) is 6.26. The Morgan fingerprint density at radius 2 is 1.67 bits per heavy atom. The van der Waals surface area contributed by atoms with Crippen molar-refractivity contribution in [1.29, 1.82) is 5.26 Å². The van der Waals surface area contributed by atoms with Gasteiger partial charge in [-0.2, -0.15) is 9.65 Å². The second-order valence-electron chi connectivity index (χ2n) is 8.62. The second-order valence-corrected chi connectivity index (χ2v) is 8.62. The number of ether oxygens (including phenoxy) is 2. The van der Waals surface area contributed by atoms with Crippen LogP contribution in [-0.4, -0.2) is 18.7 Å². The first-order valence-corrected chi connectivity index (χ1v) is 11.8. The highest BCUT2D eigenvalue weighted by atomic mass is 19.2. The Balaban J connectivity index is 1.47. The van der Waals surface area contributed by atoms with Crippen LogP contribution in [0.1, 0.15) is 92.1 Å². The molecule has 0 atom stereocenters. The monoisotopic (exact) mass is 455 g/mol. The van der Waals surface area contributed by atoms with Gasteiger partial charge in [0, 0.05) is 6.61 Å². The van der Waals surface area contributed by atoms with Gasteiger partial charge in [-0.05, 0) is 67.9 Å². The van der Waals surface area contributed by atoms with Crippen molar-refractivity contribution in [3.05, 3.63) is 64.7 Å². The summed E-state index contributed by atoms with van der Waals surface area (Å²) in [5.74, 6) is -3.57. The molecule has 1 saturated carbocycles. The van der Waals surface area contributed by atoms with Crippen LogP contribution in [-0.2, 0) is 4.74 Å². The normalized spacial score (nSPS) is 18.0. The number of unbranched alkanes of at least 4 members (excludes halogenated alkanes) is 4. The van der Waals surface area contributed by atoms with Crippen LogP contribution >= 0.6 is 0 Å². The molecular formula is C27H31F2NO3. The van der Waals surface area contributed by atoms with Crippen molar-refractivity contribution in [2.24, 2.45) is 0 Å². The van der Waals surface area contributed by atoms with E-state index in [1.807, 2.05) is 12.1 Å². The van der Waals surface area contributed by atoms with Gasteiger partial charge in [-0.3, -0.25) is 0 Å². The predicted octanol–water partition coefficient (Wildman–Crippen LogP) is 7.07. The number of rotatable bonds is 10. The molecule has 3 rings (SSSR count). The largest absolute Gasteiger partial charge is 0.420 e. The molecule has 2 aromatic carbocycles. The topological polar surface area (TPSA) is 59.3 Å². The molecule has 0 amide bonds. The number of nitrogens with zero attached hydrogens (tertiary/aromatic N) is 1. The smallest absolute Gasteiger partial charge is 0.343 e. The van der Waals surface area contributed by atoms with Crippen LogP contribution in [0.5, 0.6) is 5.75 Å². The summed E-state index contributed by atoms with van der Waals surface area (Å²) in [6.07, 6.45) is 10.7. The first kappa shape index (κ1) is 24.9. The van der Waals surface area contributed by atoms with Gasteiger partial charge >= 0.3 is 5.97 Å². The predicted molar refractivity (Wildman–Crippen MR) is 122 cm³/mol. The first-order chi connectivity index (χ1) is 16.0. The average Bonchev–Trinajstić information content (AvgIpc) is 2.85. The van der Waals surface area contributed by atoms with Crippen molar-refractivity contribution in [2.45, 2.75) is 76.7 Å². The lowest BCUT2D eigenvalue weighted by molar-refractivity contribution is 0.0226. The first-order valence-electron chi connectivity index (χ1n) is 11.8. The Labute approximate surface area is 194 Å². The van der Waals surface area contributed by atoms with Gasteiger partial charge in [0.15, 0.2) is 11.6 Å². The maximum Gasteiger partial charge on any atom is 0.343 e. The van der Waals surface area contributed by atoms with Gasteiger partial charge in [0.1, 0.15) is 6.07 Å². The van der Waals surface area contributed by atoms with Gasteiger partial charge in [0.2, 0.25) is 5.82 Å². The molecular weight excluding hydrogens is 424 g/mol. The highest BCUT2D eigenvalue weighted by Gasteiger charge is 2.23. The fourth-order valence-corrected chi connectivity index (χ4v) is 4.27. The molecule has 33 heavy (non-hydrogen) atoms. The zero-order chi connectivity index (χ0) is 23.6. The maximum absolute atomic E-state index is 14.0. The second kappa shape index (κ2) is 12.5. The van der Waals surface area contributed by atoms with Gasteiger partial charge in [-0.15, -0.1) is 0 Å². The van der Waals surface area contributed by atoms with Crippen molar-refractivity contribution >= 4 is 5.97 Å². The number of hydrogen-bond acceptors (Lipinski definition) is 4. The molecule has 0 bridgehead atoms. The molecule has 1 fully saturated rings. The van der Waals surface area contributed by atoms with Crippen LogP contribution in [0.3, 0.4) is 0 Å². The lowest BCUT2D eigenvalue weighted by Gasteiger charge is -2.29. The third-order valence-corrected chi connectivity index (χ3v) is 6.26. The molecule has 0 aromatic heterocycles. The molecule has 0 spiro atoms. The van der Waals surface area contributed by atoms with E-state index in [2.05, 4.69) is 6.92 Å². The van der Waals surface area contributed by atoms with E-state index in [1.54, 1.807) is 18.2 Å². The number of benzene rings is 2. The fourth-order valence-electron chi connectivity index (χ4n) is 4.27. The quantitative estimate of drug-likeness (QED) is 0.218. The van der Waals surface area contributed by atoms with Crippen LogP contribution in [0, 0.1) is 23.0 Å². The van der Waals surface area contributed by atoms with Crippen LogP contribution in [0.4, 0.5) is 8.78 Å². The van der Waals surface area contributed by atoms with Crippen molar-refractivity contribution in [3.8, 4) is 11.8 Å². The van der Waals surface area contributed by atoms with Crippen LogP contribution < -0.4 is 4.74 Å². The SMILES string of the molecule is CCCCCCCO[C@H]1CC[C@H](c2ccc(C(=O)Oc3ccc(C#N)c(F)c3F)cc2)CC1.